The van der Waals surface area contributed by atoms with Crippen LogP contribution >= 0.6 is 15.9 Å². The lowest BCUT2D eigenvalue weighted by Gasteiger charge is -2.61. The molecule has 0 N–H and O–H groups in total. The summed E-state index contributed by atoms with van der Waals surface area (Å²) in [5.74, 6) is 1.58. The van der Waals surface area contributed by atoms with E-state index in [1.54, 1.807) is 6.92 Å². The van der Waals surface area contributed by atoms with Crippen molar-refractivity contribution in [3.63, 3.8) is 0 Å². The van der Waals surface area contributed by atoms with E-state index >= 15 is 0 Å². The highest BCUT2D eigenvalue weighted by molar-refractivity contribution is 9.10. The van der Waals surface area contributed by atoms with Crippen LogP contribution < -0.4 is 0 Å². The van der Waals surface area contributed by atoms with Crippen LogP contribution in [0.1, 0.15) is 72.6 Å². The molecule has 0 amide bonds. The van der Waals surface area contributed by atoms with Gasteiger partial charge in [0, 0.05) is 18.3 Å². The predicted molar refractivity (Wildman–Crippen MR) is 110 cm³/mol. The van der Waals surface area contributed by atoms with Crippen LogP contribution in [-0.2, 0) is 19.1 Å². The molecule has 7 atom stereocenters. The maximum Gasteiger partial charge on any atom is 0.304 e. The summed E-state index contributed by atoms with van der Waals surface area (Å²) >= 11 is 3.76. The van der Waals surface area contributed by atoms with E-state index in [1.165, 1.54) is 6.92 Å². The van der Waals surface area contributed by atoms with E-state index in [0.717, 1.165) is 44.1 Å². The Morgan fingerprint density at radius 1 is 1.11 bits per heavy atom. The van der Waals surface area contributed by atoms with Crippen molar-refractivity contribution in [2.24, 2.45) is 34.5 Å². The minimum atomic E-state index is -0.970. The Labute approximate surface area is 176 Å². The van der Waals surface area contributed by atoms with Gasteiger partial charge in [0.25, 0.3) is 0 Å². The molecular formula is C23H31BrO4. The van der Waals surface area contributed by atoms with E-state index < -0.39 is 4.51 Å². The first kappa shape index (κ1) is 20.3. The quantitative estimate of drug-likeness (QED) is 0.439. The Hall–Kier alpha value is -0.970. The number of alkyl halides is 1. The Bertz CT molecular complexity index is 773. The van der Waals surface area contributed by atoms with Gasteiger partial charge in [0.1, 0.15) is 5.78 Å². The molecule has 3 saturated carbocycles. The van der Waals surface area contributed by atoms with Gasteiger partial charge in [-0.1, -0.05) is 19.4 Å². The first-order valence-electron chi connectivity index (χ1n) is 10.7. The first-order valence-corrected chi connectivity index (χ1v) is 11.4. The average molecular weight is 451 g/mol. The third-order valence-electron chi connectivity index (χ3n) is 8.90. The Kier molecular flexibility index (Phi) is 4.73. The summed E-state index contributed by atoms with van der Waals surface area (Å²) < 4.78 is 4.86. The molecule has 0 heterocycles. The van der Waals surface area contributed by atoms with Crippen LogP contribution in [0.15, 0.2) is 11.6 Å². The van der Waals surface area contributed by atoms with Gasteiger partial charge in [0.2, 0.25) is 0 Å². The SMILES string of the molecule is CC(=O)OC1(Br)CC(=O)C=C2CC[C@H]3[C@@H]4CC[C@H](C(C)=O)[C@@]4(C)CC[C@@H]3[C@]21C. The number of hydrogen-bond donors (Lipinski definition) is 0. The van der Waals surface area contributed by atoms with E-state index in [0.29, 0.717) is 23.5 Å². The molecule has 154 valence electrons. The molecule has 28 heavy (non-hydrogen) atoms. The third-order valence-corrected chi connectivity index (χ3v) is 10.2. The number of halogens is 1. The van der Waals surface area contributed by atoms with Gasteiger partial charge in [0.15, 0.2) is 10.3 Å². The smallest absolute Gasteiger partial charge is 0.304 e. The zero-order valence-corrected chi connectivity index (χ0v) is 18.9. The van der Waals surface area contributed by atoms with Crippen LogP contribution in [-0.4, -0.2) is 22.0 Å². The number of ether oxygens (including phenoxy) is 1. The second-order valence-electron chi connectivity index (χ2n) is 10.0. The van der Waals surface area contributed by atoms with Gasteiger partial charge in [-0.3, -0.25) is 14.4 Å². The molecule has 4 aliphatic rings. The van der Waals surface area contributed by atoms with Crippen molar-refractivity contribution < 1.29 is 19.1 Å². The third kappa shape index (κ3) is 2.64. The largest absolute Gasteiger partial charge is 0.446 e. The highest BCUT2D eigenvalue weighted by Gasteiger charge is 2.66. The predicted octanol–water partition coefficient (Wildman–Crippen LogP) is 4.99. The fourth-order valence-electron chi connectivity index (χ4n) is 7.66. The number of hydrogen-bond acceptors (Lipinski definition) is 4. The van der Waals surface area contributed by atoms with Gasteiger partial charge >= 0.3 is 5.97 Å². The standard InChI is InChI=1S/C23H31BrO4/c1-13(25)18-7-8-19-17-6-5-15-11-16(27)12-23(24,28-14(2)26)22(15,4)20(17)9-10-21(18,19)3/h11,17-20H,5-10,12H2,1-4H3/t17-,18+,19-,20-,21+,22-,23?/m0/s1. The molecule has 0 bridgehead atoms. The van der Waals surface area contributed by atoms with Crippen molar-refractivity contribution in [3.8, 4) is 0 Å². The summed E-state index contributed by atoms with van der Waals surface area (Å²) in [5, 5.41) is 0. The van der Waals surface area contributed by atoms with Crippen LogP contribution in [0.2, 0.25) is 0 Å². The minimum Gasteiger partial charge on any atom is -0.446 e. The Morgan fingerprint density at radius 2 is 1.82 bits per heavy atom. The van der Waals surface area contributed by atoms with Crippen LogP contribution in [0.3, 0.4) is 0 Å². The van der Waals surface area contributed by atoms with Crippen LogP contribution in [0.5, 0.6) is 0 Å². The fraction of sp³-hybridized carbons (Fsp3) is 0.783. The van der Waals surface area contributed by atoms with E-state index in [2.05, 4.69) is 29.8 Å². The van der Waals surface area contributed by atoms with Gasteiger partial charge in [-0.2, -0.15) is 0 Å². The lowest BCUT2D eigenvalue weighted by molar-refractivity contribution is -0.169. The molecule has 0 saturated heterocycles. The topological polar surface area (TPSA) is 60.4 Å². The zero-order valence-electron chi connectivity index (χ0n) is 17.3. The number of esters is 1. The van der Waals surface area contributed by atoms with Crippen LogP contribution in [0.4, 0.5) is 0 Å². The molecule has 0 spiro atoms. The van der Waals surface area contributed by atoms with Gasteiger partial charge in [0.05, 0.1) is 6.42 Å². The molecular weight excluding hydrogens is 420 g/mol. The van der Waals surface area contributed by atoms with E-state index in [1.807, 2.05) is 6.08 Å². The molecule has 4 aliphatic carbocycles. The molecule has 0 aliphatic heterocycles. The van der Waals surface area contributed by atoms with Gasteiger partial charge in [-0.05, 0) is 90.6 Å². The second kappa shape index (κ2) is 6.52. The number of fused-ring (bicyclic) bond motifs is 5. The number of rotatable bonds is 2. The molecule has 0 aromatic rings. The van der Waals surface area contributed by atoms with Gasteiger partial charge in [-0.25, -0.2) is 0 Å². The van der Waals surface area contributed by atoms with Gasteiger partial charge < -0.3 is 4.74 Å². The summed E-state index contributed by atoms with van der Waals surface area (Å²) in [6, 6.07) is 0. The Morgan fingerprint density at radius 3 is 2.46 bits per heavy atom. The van der Waals surface area contributed by atoms with Crippen LogP contribution in [0, 0.1) is 34.5 Å². The molecule has 0 radical (unpaired) electrons. The zero-order chi connectivity index (χ0) is 20.5. The van der Waals surface area contributed by atoms with Crippen molar-refractivity contribution in [3.05, 3.63) is 11.6 Å². The normalized spacial score (nSPS) is 47.5. The van der Waals surface area contributed by atoms with Crippen molar-refractivity contribution in [1.29, 1.82) is 0 Å². The maximum atomic E-state index is 12.4. The van der Waals surface area contributed by atoms with E-state index in [4.69, 9.17) is 4.74 Å². The molecule has 3 fully saturated rings. The van der Waals surface area contributed by atoms with Crippen molar-refractivity contribution in [2.45, 2.75) is 77.2 Å². The van der Waals surface area contributed by atoms with Crippen molar-refractivity contribution in [2.75, 3.05) is 0 Å². The summed E-state index contributed by atoms with van der Waals surface area (Å²) in [5.41, 5.74) is 0.837. The second-order valence-corrected chi connectivity index (χ2v) is 11.3. The molecule has 0 aromatic carbocycles. The van der Waals surface area contributed by atoms with Gasteiger partial charge in [-0.15, -0.1) is 0 Å². The summed E-state index contributed by atoms with van der Waals surface area (Å²) in [6.07, 6.45) is 8.09. The van der Waals surface area contributed by atoms with E-state index in [9.17, 15) is 14.4 Å². The molecule has 4 rings (SSSR count). The average Bonchev–Trinajstić information content (AvgIpc) is 2.93. The number of ketones is 2. The molecule has 5 heteroatoms. The summed E-state index contributed by atoms with van der Waals surface area (Å²) in [6.45, 7) is 7.70. The monoisotopic (exact) mass is 450 g/mol. The molecule has 1 unspecified atom stereocenters. The number of carbonyl (C=O) groups excluding carboxylic acids is 3. The maximum absolute atomic E-state index is 12.4. The molecule has 0 aromatic heterocycles. The van der Waals surface area contributed by atoms with Crippen molar-refractivity contribution in [1.82, 2.24) is 0 Å². The lowest BCUT2D eigenvalue weighted by atomic mass is 9.46. The number of Topliss-reactive ketones (excluding diaryl/α,β-unsaturated/α-hetero) is 1. The van der Waals surface area contributed by atoms with Crippen LogP contribution in [0.25, 0.3) is 0 Å². The van der Waals surface area contributed by atoms with E-state index in [-0.39, 0.29) is 34.9 Å². The highest BCUT2D eigenvalue weighted by atomic mass is 79.9. The minimum absolute atomic E-state index is 0.0298. The molecule has 4 nitrogen and oxygen atoms in total. The summed E-state index contributed by atoms with van der Waals surface area (Å²) in [4.78, 5) is 36.7. The van der Waals surface area contributed by atoms with Crippen molar-refractivity contribution >= 4 is 33.5 Å². The fourth-order valence-corrected chi connectivity index (χ4v) is 8.71. The number of carbonyl (C=O) groups is 3. The Balaban J connectivity index is 1.75. The summed E-state index contributed by atoms with van der Waals surface area (Å²) in [7, 11) is 0. The lowest BCUT2D eigenvalue weighted by Crippen LogP contribution is -2.60. The first-order chi connectivity index (χ1) is 13.0. The highest BCUT2D eigenvalue weighted by Crippen LogP contribution is 2.69.